The lowest BCUT2D eigenvalue weighted by Crippen LogP contribution is -2.29. The average Bonchev–Trinajstić information content (AvgIpc) is 3.10. The minimum Gasteiger partial charge on any atom is -0.493 e. The van der Waals surface area contributed by atoms with Gasteiger partial charge in [-0.25, -0.2) is 0 Å². The molecule has 4 saturated carbocycles. The second-order valence-corrected chi connectivity index (χ2v) is 17.5. The number of hydrogen-bond acceptors (Lipinski definition) is 5. The third kappa shape index (κ3) is 14.2. The molecule has 0 radical (unpaired) electrons. The van der Waals surface area contributed by atoms with Crippen molar-refractivity contribution in [2.45, 2.75) is 170 Å². The van der Waals surface area contributed by atoms with Crippen LogP contribution in [0, 0.1) is 56.3 Å². The third-order valence-corrected chi connectivity index (χ3v) is 12.6. The lowest BCUT2D eigenvalue weighted by Gasteiger charge is -2.36. The fourth-order valence-corrected chi connectivity index (χ4v) is 9.33. The summed E-state index contributed by atoms with van der Waals surface area (Å²) in [5.74, 6) is 7.46. The highest BCUT2D eigenvalue weighted by atomic mass is 16.5. The fraction of sp³-hybridized carbons (Fsp3) is 0.702. The van der Waals surface area contributed by atoms with Gasteiger partial charge in [-0.05, 0) is 155 Å². The van der Waals surface area contributed by atoms with E-state index in [1.807, 2.05) is 12.1 Å². The highest BCUT2D eigenvalue weighted by molar-refractivity contribution is 5.69. The number of carbonyl (C=O) groups excluding carboxylic acids is 2. The Kier molecular flexibility index (Phi) is 17.1. The van der Waals surface area contributed by atoms with Crippen LogP contribution >= 0.6 is 0 Å². The number of ether oxygens (including phenoxy) is 3. The molecule has 2 aromatic carbocycles. The summed E-state index contributed by atoms with van der Waals surface area (Å²) in [6, 6.07) is 12.4. The smallest absolute Gasteiger partial charge is 0.308 e. The number of hydrogen-bond donors (Lipinski definition) is 0. The van der Waals surface area contributed by atoms with Gasteiger partial charge in [0, 0.05) is 13.8 Å². The first-order valence-electron chi connectivity index (χ1n) is 21.0. The van der Waals surface area contributed by atoms with Gasteiger partial charge in [0.25, 0.3) is 0 Å². The zero-order valence-corrected chi connectivity index (χ0v) is 34.1. The third-order valence-electron chi connectivity index (χ3n) is 12.6. The van der Waals surface area contributed by atoms with Gasteiger partial charge in [-0.2, -0.15) is 0 Å². The monoisotopic (exact) mass is 717 g/mol. The van der Waals surface area contributed by atoms with Crippen LogP contribution in [0.2, 0.25) is 0 Å². The van der Waals surface area contributed by atoms with Crippen LogP contribution in [0.5, 0.6) is 11.5 Å². The number of carbonyl (C=O) groups is 2. The van der Waals surface area contributed by atoms with E-state index < -0.39 is 0 Å². The zero-order chi connectivity index (χ0) is 37.6. The van der Waals surface area contributed by atoms with Crippen molar-refractivity contribution in [2.24, 2.45) is 35.5 Å². The first-order valence-corrected chi connectivity index (χ1v) is 21.0. The lowest BCUT2D eigenvalue weighted by molar-refractivity contribution is -0.148. The standard InChI is InChI=1S/C17H26O.C15H26O2.C15H20O2/c1-12-5-7-16(8-6-12)11-18-17-14(3)9-13(2)10-15(17)4;2*1-11-3-5-13(6-4-11)14-7-9-15(10-8-14)17-12(2)16/h9-10,12,16H,5-8,11H2,1-4H3;11,13-15H,3-10H2,1-2H3;7-11,13H,3-6H2,1-2H3. The van der Waals surface area contributed by atoms with Crippen molar-refractivity contribution in [1.82, 2.24) is 0 Å². The minimum absolute atomic E-state index is 0.111. The molecule has 2 aromatic rings. The molecule has 5 heteroatoms. The first kappa shape index (κ1) is 41.9. The van der Waals surface area contributed by atoms with Gasteiger partial charge in [0.05, 0.1) is 6.61 Å². The predicted molar refractivity (Wildman–Crippen MR) is 214 cm³/mol. The molecule has 4 fully saturated rings. The van der Waals surface area contributed by atoms with E-state index in [0.717, 1.165) is 60.7 Å². The molecule has 290 valence electrons. The van der Waals surface area contributed by atoms with Crippen molar-refractivity contribution in [3.63, 3.8) is 0 Å². The number of rotatable bonds is 7. The molecular formula is C47H72O5. The number of benzene rings is 2. The van der Waals surface area contributed by atoms with Gasteiger partial charge >= 0.3 is 11.9 Å². The molecule has 0 amide bonds. The average molecular weight is 717 g/mol. The van der Waals surface area contributed by atoms with Crippen LogP contribution in [-0.2, 0) is 14.3 Å². The molecule has 5 nitrogen and oxygen atoms in total. The first-order chi connectivity index (χ1) is 24.9. The number of esters is 2. The highest BCUT2D eigenvalue weighted by Crippen LogP contribution is 2.40. The van der Waals surface area contributed by atoms with Gasteiger partial charge in [-0.15, -0.1) is 0 Å². The maximum Gasteiger partial charge on any atom is 0.308 e. The van der Waals surface area contributed by atoms with Crippen LogP contribution < -0.4 is 9.47 Å². The van der Waals surface area contributed by atoms with Crippen molar-refractivity contribution >= 4 is 11.9 Å². The van der Waals surface area contributed by atoms with E-state index in [2.05, 4.69) is 65.8 Å². The van der Waals surface area contributed by atoms with Gasteiger partial charge in [0.2, 0.25) is 0 Å². The predicted octanol–water partition coefficient (Wildman–Crippen LogP) is 12.7. The molecule has 0 atom stereocenters. The molecule has 6 rings (SSSR count). The second-order valence-electron chi connectivity index (χ2n) is 17.5. The summed E-state index contributed by atoms with van der Waals surface area (Å²) in [4.78, 5) is 21.7. The van der Waals surface area contributed by atoms with Crippen LogP contribution in [-0.4, -0.2) is 24.6 Å². The Bertz CT molecular complexity index is 1330. The molecule has 0 N–H and O–H groups in total. The molecule has 0 heterocycles. The van der Waals surface area contributed by atoms with Gasteiger partial charge in [-0.1, -0.05) is 89.1 Å². The molecule has 0 aliphatic heterocycles. The van der Waals surface area contributed by atoms with E-state index >= 15 is 0 Å². The van der Waals surface area contributed by atoms with Crippen molar-refractivity contribution in [2.75, 3.05) is 6.61 Å². The molecule has 0 spiro atoms. The zero-order valence-electron chi connectivity index (χ0n) is 34.1. The quantitative estimate of drug-likeness (QED) is 0.211. The molecule has 0 saturated heterocycles. The van der Waals surface area contributed by atoms with Crippen LogP contribution in [0.25, 0.3) is 0 Å². The van der Waals surface area contributed by atoms with Gasteiger partial charge in [0.1, 0.15) is 17.6 Å². The summed E-state index contributed by atoms with van der Waals surface area (Å²) in [6.45, 7) is 17.4. The molecule has 4 aliphatic carbocycles. The van der Waals surface area contributed by atoms with Crippen LogP contribution in [0.1, 0.15) is 166 Å². The SMILES string of the molecule is CC(=O)OC1CCC(C2CCC(C)CC2)CC1.CC(=O)Oc1ccc(C2CCC(C)CC2)cc1.Cc1cc(C)c(OCC2CCC(C)CC2)c(C)c1. The van der Waals surface area contributed by atoms with E-state index in [4.69, 9.17) is 14.2 Å². The maximum atomic E-state index is 10.9. The van der Waals surface area contributed by atoms with Crippen LogP contribution in [0.3, 0.4) is 0 Å². The Labute approximate surface area is 317 Å². The van der Waals surface area contributed by atoms with Crippen molar-refractivity contribution in [3.05, 3.63) is 58.7 Å². The van der Waals surface area contributed by atoms with Gasteiger partial charge in [-0.3, -0.25) is 9.59 Å². The molecule has 0 aromatic heterocycles. The molecular weight excluding hydrogens is 645 g/mol. The largest absolute Gasteiger partial charge is 0.493 e. The van der Waals surface area contributed by atoms with Gasteiger partial charge in [0.15, 0.2) is 0 Å². The van der Waals surface area contributed by atoms with E-state index in [0.29, 0.717) is 11.7 Å². The summed E-state index contributed by atoms with van der Waals surface area (Å²) in [5, 5.41) is 0. The summed E-state index contributed by atoms with van der Waals surface area (Å²) in [6.07, 6.45) is 21.3. The van der Waals surface area contributed by atoms with Gasteiger partial charge < -0.3 is 14.2 Å². The molecule has 0 unspecified atom stereocenters. The summed E-state index contributed by atoms with van der Waals surface area (Å²) < 4.78 is 16.4. The fourth-order valence-electron chi connectivity index (χ4n) is 9.33. The normalized spacial score (nSPS) is 28.9. The summed E-state index contributed by atoms with van der Waals surface area (Å²) in [7, 11) is 0. The minimum atomic E-state index is -0.260. The topological polar surface area (TPSA) is 61.8 Å². The van der Waals surface area contributed by atoms with Crippen molar-refractivity contribution in [1.29, 1.82) is 0 Å². The Balaban J connectivity index is 0.000000175. The van der Waals surface area contributed by atoms with Crippen molar-refractivity contribution in [3.8, 4) is 11.5 Å². The van der Waals surface area contributed by atoms with Crippen LogP contribution in [0.15, 0.2) is 36.4 Å². The Morgan fingerprint density at radius 1 is 0.596 bits per heavy atom. The highest BCUT2D eigenvalue weighted by Gasteiger charge is 2.31. The molecule has 4 aliphatic rings. The Morgan fingerprint density at radius 2 is 1.06 bits per heavy atom. The number of aryl methyl sites for hydroxylation is 3. The Morgan fingerprint density at radius 3 is 1.54 bits per heavy atom. The van der Waals surface area contributed by atoms with Crippen LogP contribution in [0.4, 0.5) is 0 Å². The van der Waals surface area contributed by atoms with Crippen molar-refractivity contribution < 1.29 is 23.8 Å². The van der Waals surface area contributed by atoms with E-state index in [9.17, 15) is 9.59 Å². The second kappa shape index (κ2) is 21.2. The van der Waals surface area contributed by atoms with E-state index in [1.165, 1.54) is 126 Å². The van der Waals surface area contributed by atoms with E-state index in [1.54, 1.807) is 0 Å². The van der Waals surface area contributed by atoms with E-state index in [-0.39, 0.29) is 18.0 Å². The lowest BCUT2D eigenvalue weighted by atomic mass is 9.71. The Hall–Kier alpha value is -2.82. The maximum absolute atomic E-state index is 10.9. The summed E-state index contributed by atoms with van der Waals surface area (Å²) in [5.41, 5.74) is 5.25. The molecule has 0 bridgehead atoms. The molecule has 52 heavy (non-hydrogen) atoms. The summed E-state index contributed by atoms with van der Waals surface area (Å²) >= 11 is 0.